The summed E-state index contributed by atoms with van der Waals surface area (Å²) in [6, 6.07) is 0.0848. The number of ether oxygens (including phenoxy) is 1. The van der Waals surface area contributed by atoms with Crippen LogP contribution in [0, 0.1) is 18.3 Å². The summed E-state index contributed by atoms with van der Waals surface area (Å²) in [5, 5.41) is 5.55. The predicted molar refractivity (Wildman–Crippen MR) is 77.0 cm³/mol. The largest absolute Gasteiger partial charge is 0.444 e. The third-order valence-electron chi connectivity index (χ3n) is 3.18. The van der Waals surface area contributed by atoms with Gasteiger partial charge < -0.3 is 15.4 Å². The van der Waals surface area contributed by atoms with E-state index in [1.807, 2.05) is 20.8 Å². The van der Waals surface area contributed by atoms with Crippen molar-refractivity contribution in [3.63, 3.8) is 0 Å². The van der Waals surface area contributed by atoms with Crippen LogP contribution in [0.1, 0.15) is 46.5 Å². The van der Waals surface area contributed by atoms with Crippen molar-refractivity contribution in [3.05, 3.63) is 0 Å². The SMILES string of the molecule is C#CCNC(=O)C1CCC(NC(=O)OC(C)(C)C)CC1. The molecule has 2 N–H and O–H groups in total. The van der Waals surface area contributed by atoms with Gasteiger partial charge in [-0.1, -0.05) is 5.92 Å². The molecule has 0 aliphatic heterocycles. The van der Waals surface area contributed by atoms with E-state index in [4.69, 9.17) is 11.2 Å². The minimum absolute atomic E-state index is 0.0000338. The number of nitrogens with one attached hydrogen (secondary N) is 2. The minimum atomic E-state index is -0.490. The lowest BCUT2D eigenvalue weighted by molar-refractivity contribution is -0.125. The molecule has 2 amide bonds. The maximum atomic E-state index is 11.8. The van der Waals surface area contributed by atoms with Crippen LogP contribution in [0.3, 0.4) is 0 Å². The van der Waals surface area contributed by atoms with E-state index in [2.05, 4.69) is 16.6 Å². The van der Waals surface area contributed by atoms with Gasteiger partial charge in [0, 0.05) is 12.0 Å². The van der Waals surface area contributed by atoms with Crippen LogP contribution in [-0.4, -0.2) is 30.2 Å². The Morgan fingerprint density at radius 1 is 1.25 bits per heavy atom. The highest BCUT2D eigenvalue weighted by Crippen LogP contribution is 2.24. The molecule has 112 valence electrons. The number of hydrogen-bond donors (Lipinski definition) is 2. The van der Waals surface area contributed by atoms with E-state index in [0.29, 0.717) is 0 Å². The van der Waals surface area contributed by atoms with Gasteiger partial charge in [0.15, 0.2) is 0 Å². The van der Waals surface area contributed by atoms with E-state index in [0.717, 1.165) is 25.7 Å². The fourth-order valence-electron chi connectivity index (χ4n) is 2.26. The van der Waals surface area contributed by atoms with Crippen LogP contribution in [-0.2, 0) is 9.53 Å². The third-order valence-corrected chi connectivity index (χ3v) is 3.18. The van der Waals surface area contributed by atoms with Crippen molar-refractivity contribution in [2.24, 2.45) is 5.92 Å². The van der Waals surface area contributed by atoms with Crippen LogP contribution < -0.4 is 10.6 Å². The summed E-state index contributed by atoms with van der Waals surface area (Å²) in [7, 11) is 0. The average molecular weight is 280 g/mol. The summed E-state index contributed by atoms with van der Waals surface area (Å²) >= 11 is 0. The molecule has 0 radical (unpaired) electrons. The Hall–Kier alpha value is -1.70. The molecule has 1 fully saturated rings. The summed E-state index contributed by atoms with van der Waals surface area (Å²) in [5.74, 6) is 2.40. The van der Waals surface area contributed by atoms with Crippen LogP contribution in [0.15, 0.2) is 0 Å². The van der Waals surface area contributed by atoms with Crippen molar-refractivity contribution in [2.45, 2.75) is 58.1 Å². The van der Waals surface area contributed by atoms with E-state index in [9.17, 15) is 9.59 Å². The molecule has 1 aliphatic rings. The molecule has 0 unspecified atom stereocenters. The van der Waals surface area contributed by atoms with Gasteiger partial charge in [-0.15, -0.1) is 6.42 Å². The van der Waals surface area contributed by atoms with E-state index in [1.165, 1.54) is 0 Å². The second kappa shape index (κ2) is 7.18. The first-order chi connectivity index (χ1) is 9.31. The van der Waals surface area contributed by atoms with Crippen LogP contribution in [0.4, 0.5) is 4.79 Å². The van der Waals surface area contributed by atoms with Gasteiger partial charge in [0.2, 0.25) is 5.91 Å². The van der Waals surface area contributed by atoms with Gasteiger partial charge in [0.1, 0.15) is 5.60 Å². The van der Waals surface area contributed by atoms with Gasteiger partial charge in [-0.2, -0.15) is 0 Å². The quantitative estimate of drug-likeness (QED) is 0.775. The summed E-state index contributed by atoms with van der Waals surface area (Å²) in [6.45, 7) is 5.77. The average Bonchev–Trinajstić information content (AvgIpc) is 2.34. The van der Waals surface area contributed by atoms with Crippen molar-refractivity contribution in [1.82, 2.24) is 10.6 Å². The van der Waals surface area contributed by atoms with Crippen LogP contribution in [0.5, 0.6) is 0 Å². The molecule has 1 rings (SSSR count). The van der Waals surface area contributed by atoms with Crippen molar-refractivity contribution >= 4 is 12.0 Å². The highest BCUT2D eigenvalue weighted by atomic mass is 16.6. The molecule has 0 atom stereocenters. The maximum Gasteiger partial charge on any atom is 0.407 e. The summed E-state index contributed by atoms with van der Waals surface area (Å²) in [6.07, 6.45) is 7.81. The molecule has 0 saturated heterocycles. The Labute approximate surface area is 120 Å². The number of alkyl carbamates (subject to hydrolysis) is 1. The minimum Gasteiger partial charge on any atom is -0.444 e. The Morgan fingerprint density at radius 3 is 2.35 bits per heavy atom. The first kappa shape index (κ1) is 16.4. The lowest BCUT2D eigenvalue weighted by Gasteiger charge is -2.29. The van der Waals surface area contributed by atoms with Gasteiger partial charge in [0.25, 0.3) is 0 Å². The van der Waals surface area contributed by atoms with Gasteiger partial charge in [-0.05, 0) is 46.5 Å². The monoisotopic (exact) mass is 280 g/mol. The number of terminal acetylenes is 1. The van der Waals surface area contributed by atoms with Gasteiger partial charge in [-0.3, -0.25) is 4.79 Å². The summed E-state index contributed by atoms with van der Waals surface area (Å²) in [4.78, 5) is 23.4. The fourth-order valence-corrected chi connectivity index (χ4v) is 2.26. The molecule has 0 aromatic heterocycles. The molecule has 0 aromatic rings. The molecule has 1 saturated carbocycles. The Kier molecular flexibility index (Phi) is 5.87. The zero-order valence-electron chi connectivity index (χ0n) is 12.5. The van der Waals surface area contributed by atoms with Crippen molar-refractivity contribution < 1.29 is 14.3 Å². The van der Waals surface area contributed by atoms with E-state index in [-0.39, 0.29) is 24.4 Å². The van der Waals surface area contributed by atoms with Gasteiger partial charge in [0.05, 0.1) is 6.54 Å². The normalized spacial score (nSPS) is 22.5. The van der Waals surface area contributed by atoms with E-state index in [1.54, 1.807) is 0 Å². The van der Waals surface area contributed by atoms with E-state index < -0.39 is 11.7 Å². The zero-order valence-corrected chi connectivity index (χ0v) is 12.5. The number of hydrogen-bond acceptors (Lipinski definition) is 3. The second-order valence-electron chi connectivity index (χ2n) is 6.12. The molecule has 0 bridgehead atoms. The topological polar surface area (TPSA) is 67.4 Å². The highest BCUT2D eigenvalue weighted by Gasteiger charge is 2.27. The fraction of sp³-hybridized carbons (Fsp3) is 0.733. The number of rotatable bonds is 3. The molecule has 20 heavy (non-hydrogen) atoms. The summed E-state index contributed by atoms with van der Waals surface area (Å²) in [5.41, 5.74) is -0.490. The molecule has 5 heteroatoms. The highest BCUT2D eigenvalue weighted by molar-refractivity contribution is 5.79. The van der Waals surface area contributed by atoms with Crippen LogP contribution >= 0.6 is 0 Å². The number of carbonyl (C=O) groups excluding carboxylic acids is 2. The Balaban J connectivity index is 2.30. The lowest BCUT2D eigenvalue weighted by Crippen LogP contribution is -2.42. The molecule has 0 heterocycles. The van der Waals surface area contributed by atoms with Crippen molar-refractivity contribution in [1.29, 1.82) is 0 Å². The zero-order chi connectivity index (χ0) is 15.2. The summed E-state index contributed by atoms with van der Waals surface area (Å²) < 4.78 is 5.22. The lowest BCUT2D eigenvalue weighted by atomic mass is 9.85. The van der Waals surface area contributed by atoms with Crippen molar-refractivity contribution in [3.8, 4) is 12.3 Å². The molecular weight excluding hydrogens is 256 g/mol. The Morgan fingerprint density at radius 2 is 1.85 bits per heavy atom. The first-order valence-corrected chi connectivity index (χ1v) is 7.02. The number of carbonyl (C=O) groups is 2. The first-order valence-electron chi connectivity index (χ1n) is 7.02. The molecule has 0 aromatic carbocycles. The molecule has 0 spiro atoms. The number of amides is 2. The molecular formula is C15H24N2O3. The smallest absolute Gasteiger partial charge is 0.407 e. The predicted octanol–water partition coefficient (Wildman–Crippen LogP) is 1.82. The van der Waals surface area contributed by atoms with Crippen molar-refractivity contribution in [2.75, 3.05) is 6.54 Å². The van der Waals surface area contributed by atoms with Crippen LogP contribution in [0.25, 0.3) is 0 Å². The standard InChI is InChI=1S/C15H24N2O3/c1-5-10-16-13(18)11-6-8-12(9-7-11)17-14(19)20-15(2,3)4/h1,11-12H,6-10H2,2-4H3,(H,16,18)(H,17,19). The van der Waals surface area contributed by atoms with Gasteiger partial charge in [-0.25, -0.2) is 4.79 Å². The Bertz CT molecular complexity index is 385. The molecule has 5 nitrogen and oxygen atoms in total. The van der Waals surface area contributed by atoms with Gasteiger partial charge >= 0.3 is 6.09 Å². The second-order valence-corrected chi connectivity index (χ2v) is 6.12. The molecule has 1 aliphatic carbocycles. The third kappa shape index (κ3) is 5.96. The van der Waals surface area contributed by atoms with E-state index >= 15 is 0 Å². The maximum absolute atomic E-state index is 11.8. The van der Waals surface area contributed by atoms with Crippen LogP contribution in [0.2, 0.25) is 0 Å².